The molecule has 0 bridgehead atoms. The van der Waals surface area contributed by atoms with Crippen molar-refractivity contribution in [2.75, 3.05) is 6.61 Å². The second-order valence-corrected chi connectivity index (χ2v) is 3.65. The fourth-order valence-electron chi connectivity index (χ4n) is 1.71. The normalized spacial score (nSPS) is 26.7. The number of hydrogen-bond acceptors (Lipinski definition) is 2. The van der Waals surface area contributed by atoms with E-state index in [2.05, 4.69) is 0 Å². The van der Waals surface area contributed by atoms with Crippen LogP contribution in [0.15, 0.2) is 0 Å². The Kier molecular flexibility index (Phi) is 2.32. The first-order valence-corrected chi connectivity index (χ1v) is 4.06. The summed E-state index contributed by atoms with van der Waals surface area (Å²) in [7, 11) is 0. The molecule has 3 N–H and O–H groups in total. The van der Waals surface area contributed by atoms with Crippen LogP contribution in [-0.2, 0) is 0 Å². The molecule has 0 heterocycles. The van der Waals surface area contributed by atoms with Crippen molar-refractivity contribution < 1.29 is 5.11 Å². The largest absolute Gasteiger partial charge is 0.394 e. The van der Waals surface area contributed by atoms with Crippen LogP contribution < -0.4 is 5.73 Å². The predicted octanol–water partition coefficient (Wildman–Crippen LogP) is 0.886. The summed E-state index contributed by atoms with van der Waals surface area (Å²) in [6.07, 6.45) is 4.98. The van der Waals surface area contributed by atoms with Crippen LogP contribution in [-0.4, -0.2) is 17.3 Å². The molecule has 2 nitrogen and oxygen atoms in total. The molecule has 1 rings (SSSR count). The van der Waals surface area contributed by atoms with E-state index < -0.39 is 0 Å². The maximum atomic E-state index is 8.93. The van der Waals surface area contributed by atoms with Gasteiger partial charge in [-0.15, -0.1) is 0 Å². The first-order valence-electron chi connectivity index (χ1n) is 4.06. The van der Waals surface area contributed by atoms with E-state index in [0.29, 0.717) is 5.92 Å². The van der Waals surface area contributed by atoms with Crippen molar-refractivity contribution in [3.8, 4) is 0 Å². The second kappa shape index (κ2) is 2.89. The molecule has 1 aliphatic rings. The third kappa shape index (κ3) is 1.50. The van der Waals surface area contributed by atoms with Crippen molar-refractivity contribution in [2.24, 2.45) is 11.7 Å². The van der Waals surface area contributed by atoms with E-state index in [9.17, 15) is 0 Å². The fourth-order valence-corrected chi connectivity index (χ4v) is 1.71. The van der Waals surface area contributed by atoms with Gasteiger partial charge in [0.1, 0.15) is 0 Å². The monoisotopic (exact) mass is 143 g/mol. The van der Waals surface area contributed by atoms with Gasteiger partial charge in [-0.2, -0.15) is 0 Å². The molecular weight excluding hydrogens is 126 g/mol. The molecule has 0 spiro atoms. The van der Waals surface area contributed by atoms with Crippen LogP contribution >= 0.6 is 0 Å². The quantitative estimate of drug-likeness (QED) is 0.603. The number of aliphatic hydroxyl groups is 1. The van der Waals surface area contributed by atoms with Crippen LogP contribution in [0.3, 0.4) is 0 Å². The van der Waals surface area contributed by atoms with Crippen LogP contribution in [0.5, 0.6) is 0 Å². The molecule has 10 heavy (non-hydrogen) atoms. The Bertz CT molecular complexity index is 106. The number of rotatable bonds is 2. The van der Waals surface area contributed by atoms with Gasteiger partial charge >= 0.3 is 0 Å². The van der Waals surface area contributed by atoms with Gasteiger partial charge in [0.2, 0.25) is 0 Å². The minimum atomic E-state index is -0.323. The minimum absolute atomic E-state index is 0.123. The van der Waals surface area contributed by atoms with Crippen molar-refractivity contribution in [2.45, 2.75) is 38.1 Å². The van der Waals surface area contributed by atoms with Gasteiger partial charge in [0.25, 0.3) is 0 Å². The van der Waals surface area contributed by atoms with Crippen molar-refractivity contribution in [3.63, 3.8) is 0 Å². The Labute approximate surface area is 62.4 Å². The van der Waals surface area contributed by atoms with E-state index in [4.69, 9.17) is 10.8 Å². The van der Waals surface area contributed by atoms with Gasteiger partial charge in [-0.05, 0) is 25.7 Å². The van der Waals surface area contributed by atoms with E-state index in [1.165, 1.54) is 25.7 Å². The maximum absolute atomic E-state index is 8.93. The maximum Gasteiger partial charge on any atom is 0.0611 e. The summed E-state index contributed by atoms with van der Waals surface area (Å²) in [5.74, 6) is 0.553. The number of hydrogen-bond donors (Lipinski definition) is 2. The molecule has 0 saturated heterocycles. The summed E-state index contributed by atoms with van der Waals surface area (Å²) < 4.78 is 0. The molecule has 0 amide bonds. The van der Waals surface area contributed by atoms with Crippen molar-refractivity contribution in [3.05, 3.63) is 0 Å². The summed E-state index contributed by atoms with van der Waals surface area (Å²) >= 11 is 0. The minimum Gasteiger partial charge on any atom is -0.394 e. The summed E-state index contributed by atoms with van der Waals surface area (Å²) in [5, 5.41) is 8.93. The SMILES string of the molecule is CC(N)(CO)C1CCCC1. The molecule has 0 aromatic heterocycles. The molecular formula is C8H17NO. The lowest BCUT2D eigenvalue weighted by atomic mass is 9.86. The molecule has 0 radical (unpaired) electrons. The Morgan fingerprint density at radius 1 is 1.50 bits per heavy atom. The summed E-state index contributed by atoms with van der Waals surface area (Å²) in [4.78, 5) is 0. The zero-order valence-corrected chi connectivity index (χ0v) is 6.64. The molecule has 0 aliphatic heterocycles. The topological polar surface area (TPSA) is 46.2 Å². The van der Waals surface area contributed by atoms with Crippen molar-refractivity contribution in [1.82, 2.24) is 0 Å². The first-order chi connectivity index (χ1) is 4.67. The molecule has 1 atom stereocenters. The Morgan fingerprint density at radius 3 is 2.40 bits per heavy atom. The summed E-state index contributed by atoms with van der Waals surface area (Å²) in [6.45, 7) is 2.07. The van der Waals surface area contributed by atoms with E-state index >= 15 is 0 Å². The highest BCUT2D eigenvalue weighted by Crippen LogP contribution is 2.31. The van der Waals surface area contributed by atoms with Crippen LogP contribution in [0.2, 0.25) is 0 Å². The third-order valence-corrected chi connectivity index (χ3v) is 2.63. The average molecular weight is 143 g/mol. The number of aliphatic hydroxyl groups excluding tert-OH is 1. The molecule has 2 heteroatoms. The van der Waals surface area contributed by atoms with E-state index in [0.717, 1.165) is 0 Å². The molecule has 1 unspecified atom stereocenters. The van der Waals surface area contributed by atoms with E-state index in [-0.39, 0.29) is 12.1 Å². The van der Waals surface area contributed by atoms with E-state index in [1.807, 2.05) is 6.92 Å². The molecule has 60 valence electrons. The lowest BCUT2D eigenvalue weighted by molar-refractivity contribution is 0.156. The lowest BCUT2D eigenvalue weighted by Crippen LogP contribution is -2.46. The standard InChI is InChI=1S/C8H17NO/c1-8(9,6-10)7-4-2-3-5-7/h7,10H,2-6,9H2,1H3. The average Bonchev–Trinajstić information content (AvgIpc) is 2.38. The van der Waals surface area contributed by atoms with Gasteiger partial charge in [0, 0.05) is 5.54 Å². The fraction of sp³-hybridized carbons (Fsp3) is 1.00. The predicted molar refractivity (Wildman–Crippen MR) is 41.6 cm³/mol. The third-order valence-electron chi connectivity index (χ3n) is 2.63. The lowest BCUT2D eigenvalue weighted by Gasteiger charge is -2.28. The van der Waals surface area contributed by atoms with Gasteiger partial charge in [0.05, 0.1) is 6.61 Å². The van der Waals surface area contributed by atoms with Gasteiger partial charge < -0.3 is 10.8 Å². The molecule has 1 aliphatic carbocycles. The van der Waals surface area contributed by atoms with E-state index in [1.54, 1.807) is 0 Å². The van der Waals surface area contributed by atoms with Gasteiger partial charge in [0.15, 0.2) is 0 Å². The van der Waals surface area contributed by atoms with Gasteiger partial charge in [-0.1, -0.05) is 12.8 Å². The smallest absolute Gasteiger partial charge is 0.0611 e. The van der Waals surface area contributed by atoms with Gasteiger partial charge in [-0.25, -0.2) is 0 Å². The molecule has 1 fully saturated rings. The second-order valence-electron chi connectivity index (χ2n) is 3.65. The summed E-state index contributed by atoms with van der Waals surface area (Å²) in [6, 6.07) is 0. The van der Waals surface area contributed by atoms with Crippen LogP contribution in [0, 0.1) is 5.92 Å². The highest BCUT2D eigenvalue weighted by Gasteiger charge is 2.31. The van der Waals surface area contributed by atoms with Crippen molar-refractivity contribution >= 4 is 0 Å². The molecule has 0 aromatic rings. The Balaban J connectivity index is 2.45. The van der Waals surface area contributed by atoms with Crippen molar-refractivity contribution in [1.29, 1.82) is 0 Å². The van der Waals surface area contributed by atoms with Crippen LogP contribution in [0.1, 0.15) is 32.6 Å². The molecule has 0 aromatic carbocycles. The zero-order chi connectivity index (χ0) is 7.61. The summed E-state index contributed by atoms with van der Waals surface area (Å²) in [5.41, 5.74) is 5.55. The van der Waals surface area contributed by atoms with Gasteiger partial charge in [-0.3, -0.25) is 0 Å². The Morgan fingerprint density at radius 2 is 2.00 bits per heavy atom. The Hall–Kier alpha value is -0.0800. The van der Waals surface area contributed by atoms with Crippen LogP contribution in [0.4, 0.5) is 0 Å². The van der Waals surface area contributed by atoms with Crippen LogP contribution in [0.25, 0.3) is 0 Å². The zero-order valence-electron chi connectivity index (χ0n) is 6.64. The highest BCUT2D eigenvalue weighted by molar-refractivity contribution is 4.88. The molecule has 1 saturated carbocycles. The number of nitrogens with two attached hydrogens (primary N) is 1. The first kappa shape index (κ1) is 8.02. The highest BCUT2D eigenvalue weighted by atomic mass is 16.3.